The van der Waals surface area contributed by atoms with Gasteiger partial charge in [-0.2, -0.15) is 0 Å². The second kappa shape index (κ2) is 6.32. The number of fused-ring (bicyclic) bond motifs is 1. The largest absolute Gasteiger partial charge is 0.481 e. The topological polar surface area (TPSA) is 59.3 Å². The first kappa shape index (κ1) is 14.8. The van der Waals surface area contributed by atoms with Gasteiger partial charge in [0.1, 0.15) is 0 Å². The van der Waals surface area contributed by atoms with Crippen LogP contribution in [-0.4, -0.2) is 21.6 Å². The van der Waals surface area contributed by atoms with E-state index in [0.717, 1.165) is 10.9 Å². The van der Waals surface area contributed by atoms with Crippen LogP contribution in [0.5, 0.6) is 0 Å². The maximum absolute atomic E-state index is 12.5. The van der Waals surface area contributed by atoms with Crippen molar-refractivity contribution in [3.05, 3.63) is 78.0 Å². The van der Waals surface area contributed by atoms with Gasteiger partial charge in [-0.25, -0.2) is 0 Å². The Morgan fingerprint density at radius 3 is 2.43 bits per heavy atom. The summed E-state index contributed by atoms with van der Waals surface area (Å²) in [4.78, 5) is 23.5. The normalized spacial score (nSPS) is 11.1. The van der Waals surface area contributed by atoms with E-state index in [2.05, 4.69) is 0 Å². The summed E-state index contributed by atoms with van der Waals surface area (Å²) in [6, 6.07) is 16.9. The third-order valence-corrected chi connectivity index (χ3v) is 3.59. The van der Waals surface area contributed by atoms with Gasteiger partial charge in [-0.3, -0.25) is 14.2 Å². The van der Waals surface area contributed by atoms with Gasteiger partial charge in [0, 0.05) is 17.7 Å². The number of carboxylic acids is 1. The minimum atomic E-state index is -0.917. The molecule has 4 nitrogen and oxygen atoms in total. The van der Waals surface area contributed by atoms with Crippen molar-refractivity contribution in [2.75, 3.05) is 0 Å². The Morgan fingerprint density at radius 2 is 1.70 bits per heavy atom. The van der Waals surface area contributed by atoms with Gasteiger partial charge in [-0.15, -0.1) is 0 Å². The highest BCUT2D eigenvalue weighted by molar-refractivity contribution is 6.02. The number of carboxylic acid groups (broad SMARTS) is 1. The highest BCUT2D eigenvalue weighted by atomic mass is 16.4. The lowest BCUT2D eigenvalue weighted by atomic mass is 10.1. The van der Waals surface area contributed by atoms with E-state index in [1.807, 2.05) is 54.6 Å². The van der Waals surface area contributed by atoms with E-state index < -0.39 is 5.97 Å². The fourth-order valence-electron chi connectivity index (χ4n) is 2.55. The minimum absolute atomic E-state index is 0.108. The lowest BCUT2D eigenvalue weighted by Gasteiger charge is -1.99. The van der Waals surface area contributed by atoms with Gasteiger partial charge in [0.05, 0.1) is 11.9 Å². The number of para-hydroxylation sites is 1. The van der Waals surface area contributed by atoms with Crippen molar-refractivity contribution < 1.29 is 14.7 Å². The molecule has 1 heterocycles. The van der Waals surface area contributed by atoms with Gasteiger partial charge in [-0.05, 0) is 23.3 Å². The smallest absolute Gasteiger partial charge is 0.307 e. The number of allylic oxidation sites excluding steroid dienone is 1. The van der Waals surface area contributed by atoms with E-state index in [0.29, 0.717) is 11.1 Å². The average Bonchev–Trinajstić information content (AvgIpc) is 2.92. The zero-order valence-electron chi connectivity index (χ0n) is 12.3. The minimum Gasteiger partial charge on any atom is -0.481 e. The van der Waals surface area contributed by atoms with Crippen molar-refractivity contribution >= 4 is 28.9 Å². The Balaban J connectivity index is 1.97. The number of aliphatic carboxylic acids is 1. The molecule has 3 rings (SSSR count). The zero-order valence-corrected chi connectivity index (χ0v) is 12.3. The van der Waals surface area contributed by atoms with Crippen LogP contribution < -0.4 is 0 Å². The molecule has 4 heteroatoms. The molecule has 23 heavy (non-hydrogen) atoms. The molecule has 0 saturated carbocycles. The van der Waals surface area contributed by atoms with Crippen LogP contribution >= 0.6 is 0 Å². The number of benzene rings is 2. The quantitative estimate of drug-likeness (QED) is 0.749. The lowest BCUT2D eigenvalue weighted by molar-refractivity contribution is -0.136. The molecule has 0 spiro atoms. The highest BCUT2D eigenvalue weighted by Crippen LogP contribution is 2.22. The first-order valence-electron chi connectivity index (χ1n) is 7.23. The van der Waals surface area contributed by atoms with E-state index in [1.165, 1.54) is 10.6 Å². The number of hydrogen-bond acceptors (Lipinski definition) is 2. The second-order valence-corrected chi connectivity index (χ2v) is 5.19. The molecule has 2 aromatic carbocycles. The van der Waals surface area contributed by atoms with Crippen LogP contribution in [0.1, 0.15) is 15.9 Å². The molecule has 3 aromatic rings. The maximum Gasteiger partial charge on any atom is 0.307 e. The second-order valence-electron chi connectivity index (χ2n) is 5.19. The number of aromatic nitrogens is 1. The fraction of sp³-hybridized carbons (Fsp3) is 0.0526. The van der Waals surface area contributed by atoms with Crippen LogP contribution in [-0.2, 0) is 11.2 Å². The third-order valence-electron chi connectivity index (χ3n) is 3.59. The predicted octanol–water partition coefficient (Wildman–Crippen LogP) is 3.62. The van der Waals surface area contributed by atoms with Gasteiger partial charge in [0.15, 0.2) is 0 Å². The molecule has 0 fully saturated rings. The van der Waals surface area contributed by atoms with Gasteiger partial charge < -0.3 is 5.11 Å². The molecule has 0 aliphatic carbocycles. The van der Waals surface area contributed by atoms with Crippen LogP contribution in [0.2, 0.25) is 0 Å². The number of nitrogens with zero attached hydrogens (tertiary/aromatic N) is 1. The van der Waals surface area contributed by atoms with Crippen LogP contribution in [0.3, 0.4) is 0 Å². The molecule has 0 aliphatic rings. The number of carbonyl (C=O) groups excluding carboxylic acids is 1. The Morgan fingerprint density at radius 1 is 1.00 bits per heavy atom. The number of hydrogen-bond donors (Lipinski definition) is 1. The van der Waals surface area contributed by atoms with Crippen LogP contribution in [0.15, 0.2) is 66.9 Å². The van der Waals surface area contributed by atoms with Crippen LogP contribution in [0, 0.1) is 0 Å². The van der Waals surface area contributed by atoms with Crippen molar-refractivity contribution in [1.82, 2.24) is 4.57 Å². The highest BCUT2D eigenvalue weighted by Gasteiger charge is 2.13. The summed E-state index contributed by atoms with van der Waals surface area (Å²) in [5, 5.41) is 9.81. The van der Waals surface area contributed by atoms with Gasteiger partial charge in [-0.1, -0.05) is 48.5 Å². The SMILES string of the molecule is O=C(O)Cc1cn(C(=O)C=Cc2ccccc2)c2ccccc12. The van der Waals surface area contributed by atoms with E-state index >= 15 is 0 Å². The van der Waals surface area contributed by atoms with Crippen molar-refractivity contribution in [3.8, 4) is 0 Å². The van der Waals surface area contributed by atoms with Gasteiger partial charge >= 0.3 is 5.97 Å². The molecular weight excluding hydrogens is 290 g/mol. The summed E-state index contributed by atoms with van der Waals surface area (Å²) in [6.45, 7) is 0. The third kappa shape index (κ3) is 3.21. The Kier molecular flexibility index (Phi) is 4.06. The lowest BCUT2D eigenvalue weighted by Crippen LogP contribution is -2.05. The summed E-state index contributed by atoms with van der Waals surface area (Å²) in [5.74, 6) is -1.12. The molecule has 0 radical (unpaired) electrons. The molecule has 0 saturated heterocycles. The van der Waals surface area contributed by atoms with Crippen molar-refractivity contribution in [3.63, 3.8) is 0 Å². The standard InChI is InChI=1S/C19H15NO3/c21-18(11-10-14-6-2-1-3-7-14)20-13-15(12-19(22)23)16-8-4-5-9-17(16)20/h1-11,13H,12H2,(H,22,23). The number of rotatable bonds is 4. The fourth-order valence-corrected chi connectivity index (χ4v) is 2.55. The monoisotopic (exact) mass is 305 g/mol. The van der Waals surface area contributed by atoms with Crippen molar-refractivity contribution in [1.29, 1.82) is 0 Å². The van der Waals surface area contributed by atoms with E-state index in [4.69, 9.17) is 5.11 Å². The molecule has 0 bridgehead atoms. The van der Waals surface area contributed by atoms with Crippen LogP contribution in [0.25, 0.3) is 17.0 Å². The molecule has 1 aromatic heterocycles. The molecule has 0 amide bonds. The van der Waals surface area contributed by atoms with E-state index in [1.54, 1.807) is 12.3 Å². The van der Waals surface area contributed by atoms with E-state index in [-0.39, 0.29) is 12.3 Å². The van der Waals surface area contributed by atoms with E-state index in [9.17, 15) is 9.59 Å². The number of carbonyl (C=O) groups is 2. The zero-order chi connectivity index (χ0) is 16.2. The summed E-state index contributed by atoms with van der Waals surface area (Å²) in [5.41, 5.74) is 2.28. The summed E-state index contributed by atoms with van der Waals surface area (Å²) < 4.78 is 1.49. The Labute approximate surface area is 133 Å². The first-order valence-corrected chi connectivity index (χ1v) is 7.23. The summed E-state index contributed by atoms with van der Waals surface area (Å²) in [6.07, 6.45) is 4.74. The molecule has 0 aliphatic heterocycles. The predicted molar refractivity (Wildman–Crippen MR) is 89.4 cm³/mol. The molecule has 0 unspecified atom stereocenters. The maximum atomic E-state index is 12.5. The summed E-state index contributed by atoms with van der Waals surface area (Å²) in [7, 11) is 0. The van der Waals surface area contributed by atoms with Gasteiger partial charge in [0.25, 0.3) is 5.91 Å². The van der Waals surface area contributed by atoms with Gasteiger partial charge in [0.2, 0.25) is 0 Å². The molecular formula is C19H15NO3. The van der Waals surface area contributed by atoms with Crippen molar-refractivity contribution in [2.24, 2.45) is 0 Å². The molecule has 0 atom stereocenters. The Bertz CT molecular complexity index is 891. The Hall–Kier alpha value is -3.14. The summed E-state index contributed by atoms with van der Waals surface area (Å²) >= 11 is 0. The molecule has 1 N–H and O–H groups in total. The van der Waals surface area contributed by atoms with Crippen LogP contribution in [0.4, 0.5) is 0 Å². The average molecular weight is 305 g/mol. The first-order chi connectivity index (χ1) is 11.1. The van der Waals surface area contributed by atoms with Crippen molar-refractivity contribution in [2.45, 2.75) is 6.42 Å². The molecule has 114 valence electrons.